The van der Waals surface area contributed by atoms with Crippen LogP contribution in [0.5, 0.6) is 0 Å². The maximum Gasteiger partial charge on any atom is 0.185 e. The van der Waals surface area contributed by atoms with Crippen LogP contribution in [0.1, 0.15) is 5.56 Å². The molecule has 0 bridgehead atoms. The van der Waals surface area contributed by atoms with Gasteiger partial charge in [0.1, 0.15) is 5.82 Å². The number of nitrogens with two attached hydrogens (primary N) is 1. The van der Waals surface area contributed by atoms with Crippen LogP contribution in [0.3, 0.4) is 0 Å². The van der Waals surface area contributed by atoms with Gasteiger partial charge in [0, 0.05) is 44.3 Å². The Hall–Kier alpha value is -1.66. The number of nitrogens with zero attached hydrogens (tertiary/aromatic N) is 3. The Morgan fingerprint density at radius 2 is 2.05 bits per heavy atom. The summed E-state index contributed by atoms with van der Waals surface area (Å²) in [6.45, 7) is 4.62. The van der Waals surface area contributed by atoms with E-state index in [1.807, 2.05) is 17.6 Å². The van der Waals surface area contributed by atoms with Gasteiger partial charge in [-0.3, -0.25) is 4.90 Å². The van der Waals surface area contributed by atoms with E-state index in [-0.39, 0.29) is 11.5 Å². The highest BCUT2D eigenvalue weighted by Gasteiger charge is 2.18. The van der Waals surface area contributed by atoms with Gasteiger partial charge in [0.05, 0.1) is 5.69 Å². The lowest BCUT2D eigenvalue weighted by molar-refractivity contribution is 0.249. The monoisotopic (exact) mass is 292 g/mol. The van der Waals surface area contributed by atoms with E-state index in [0.717, 1.165) is 43.4 Å². The highest BCUT2D eigenvalue weighted by Crippen LogP contribution is 2.20. The molecule has 2 N–H and O–H groups in total. The molecule has 4 nitrogen and oxygen atoms in total. The van der Waals surface area contributed by atoms with Gasteiger partial charge in [-0.15, -0.1) is 11.3 Å². The number of anilines is 2. The van der Waals surface area contributed by atoms with Gasteiger partial charge in [0.15, 0.2) is 5.13 Å². The van der Waals surface area contributed by atoms with Crippen molar-refractivity contribution in [3.8, 4) is 0 Å². The van der Waals surface area contributed by atoms with Crippen molar-refractivity contribution in [2.24, 2.45) is 0 Å². The van der Waals surface area contributed by atoms with Crippen LogP contribution in [-0.2, 0) is 6.54 Å². The van der Waals surface area contributed by atoms with E-state index >= 15 is 0 Å². The first-order chi connectivity index (χ1) is 9.72. The van der Waals surface area contributed by atoms with Gasteiger partial charge in [0.2, 0.25) is 0 Å². The molecule has 3 rings (SSSR count). The molecule has 106 valence electrons. The maximum absolute atomic E-state index is 13.4. The van der Waals surface area contributed by atoms with Crippen molar-refractivity contribution in [2.45, 2.75) is 6.54 Å². The van der Waals surface area contributed by atoms with Crippen molar-refractivity contribution in [1.82, 2.24) is 9.88 Å². The molecule has 1 saturated heterocycles. The molecule has 1 fully saturated rings. The predicted octanol–water partition coefficient (Wildman–Crippen LogP) is 2.19. The Morgan fingerprint density at radius 1 is 1.25 bits per heavy atom. The third kappa shape index (κ3) is 2.91. The Balaban J connectivity index is 1.57. The molecular formula is C14H17FN4S. The molecule has 2 aromatic rings. The second-order valence-corrected chi connectivity index (χ2v) is 5.81. The quantitative estimate of drug-likeness (QED) is 0.881. The zero-order valence-corrected chi connectivity index (χ0v) is 11.9. The normalized spacial score (nSPS) is 16.6. The third-order valence-electron chi connectivity index (χ3n) is 3.53. The fourth-order valence-electron chi connectivity index (χ4n) is 2.40. The molecule has 1 aromatic heterocycles. The summed E-state index contributed by atoms with van der Waals surface area (Å²) in [4.78, 5) is 8.96. The molecule has 0 radical (unpaired) electrons. The van der Waals surface area contributed by atoms with Gasteiger partial charge in [-0.05, 0) is 17.7 Å². The van der Waals surface area contributed by atoms with Gasteiger partial charge in [-0.25, -0.2) is 9.37 Å². The number of hydrogen-bond acceptors (Lipinski definition) is 5. The van der Waals surface area contributed by atoms with Crippen LogP contribution in [0.2, 0.25) is 0 Å². The van der Waals surface area contributed by atoms with Crippen LogP contribution in [0.4, 0.5) is 15.2 Å². The van der Waals surface area contributed by atoms with E-state index < -0.39 is 0 Å². The summed E-state index contributed by atoms with van der Waals surface area (Å²) in [6, 6.07) is 5.06. The summed E-state index contributed by atoms with van der Waals surface area (Å²) < 4.78 is 13.4. The van der Waals surface area contributed by atoms with Gasteiger partial charge >= 0.3 is 0 Å². The standard InChI is InChI=1S/C14H17FN4S/c15-12-9-11(1-2-13(12)16)10-18-4-6-19(7-5-18)14-17-3-8-20-14/h1-3,8-9H,4-7,10,16H2. The minimum atomic E-state index is -0.330. The molecule has 0 spiro atoms. The van der Waals surface area contributed by atoms with Crippen molar-refractivity contribution in [1.29, 1.82) is 0 Å². The number of benzene rings is 1. The number of rotatable bonds is 3. The smallest absolute Gasteiger partial charge is 0.185 e. The van der Waals surface area contributed by atoms with E-state index in [4.69, 9.17) is 5.73 Å². The van der Waals surface area contributed by atoms with E-state index in [1.165, 1.54) is 6.07 Å². The molecule has 0 aliphatic carbocycles. The largest absolute Gasteiger partial charge is 0.396 e. The third-order valence-corrected chi connectivity index (χ3v) is 4.37. The lowest BCUT2D eigenvalue weighted by atomic mass is 10.1. The van der Waals surface area contributed by atoms with Crippen LogP contribution < -0.4 is 10.6 Å². The zero-order chi connectivity index (χ0) is 13.9. The second-order valence-electron chi connectivity index (χ2n) is 4.93. The van der Waals surface area contributed by atoms with E-state index in [9.17, 15) is 4.39 Å². The highest BCUT2D eigenvalue weighted by molar-refractivity contribution is 7.13. The van der Waals surface area contributed by atoms with Gasteiger partial charge < -0.3 is 10.6 Å². The van der Waals surface area contributed by atoms with Crippen molar-refractivity contribution >= 4 is 22.2 Å². The lowest BCUT2D eigenvalue weighted by Gasteiger charge is -2.34. The topological polar surface area (TPSA) is 45.4 Å². The van der Waals surface area contributed by atoms with Crippen LogP contribution in [-0.4, -0.2) is 36.1 Å². The van der Waals surface area contributed by atoms with Crippen LogP contribution in [0.15, 0.2) is 29.8 Å². The molecule has 20 heavy (non-hydrogen) atoms. The summed E-state index contributed by atoms with van der Waals surface area (Å²) in [5, 5.41) is 3.09. The fraction of sp³-hybridized carbons (Fsp3) is 0.357. The summed E-state index contributed by atoms with van der Waals surface area (Å²) in [6.07, 6.45) is 1.84. The number of aromatic nitrogens is 1. The van der Waals surface area contributed by atoms with Crippen molar-refractivity contribution in [3.63, 3.8) is 0 Å². The molecule has 1 aliphatic rings. The molecule has 0 amide bonds. The van der Waals surface area contributed by atoms with E-state index in [2.05, 4.69) is 14.8 Å². The first-order valence-corrected chi connectivity index (χ1v) is 7.51. The minimum Gasteiger partial charge on any atom is -0.396 e. The average molecular weight is 292 g/mol. The molecule has 2 heterocycles. The zero-order valence-electron chi connectivity index (χ0n) is 11.1. The Kier molecular flexibility index (Phi) is 3.84. The Bertz CT molecular complexity index is 565. The summed E-state index contributed by atoms with van der Waals surface area (Å²) in [7, 11) is 0. The van der Waals surface area contributed by atoms with E-state index in [1.54, 1.807) is 17.4 Å². The SMILES string of the molecule is Nc1ccc(CN2CCN(c3nccs3)CC2)cc1F. The van der Waals surface area contributed by atoms with E-state index in [0.29, 0.717) is 0 Å². The molecule has 1 aliphatic heterocycles. The minimum absolute atomic E-state index is 0.210. The molecule has 0 unspecified atom stereocenters. The first-order valence-electron chi connectivity index (χ1n) is 6.63. The first kappa shape index (κ1) is 13.3. The van der Waals surface area contributed by atoms with Crippen molar-refractivity contribution < 1.29 is 4.39 Å². The van der Waals surface area contributed by atoms with Gasteiger partial charge in [-0.1, -0.05) is 6.07 Å². The van der Waals surface area contributed by atoms with Gasteiger partial charge in [0.25, 0.3) is 0 Å². The number of hydrogen-bond donors (Lipinski definition) is 1. The average Bonchev–Trinajstić information content (AvgIpc) is 2.98. The fourth-order valence-corrected chi connectivity index (χ4v) is 3.09. The Labute approximate surface area is 121 Å². The van der Waals surface area contributed by atoms with Crippen LogP contribution in [0, 0.1) is 5.82 Å². The molecule has 1 aromatic carbocycles. The summed E-state index contributed by atoms with van der Waals surface area (Å²) in [5.74, 6) is -0.330. The van der Waals surface area contributed by atoms with Crippen molar-refractivity contribution in [2.75, 3.05) is 36.8 Å². The molecule has 0 saturated carbocycles. The highest BCUT2D eigenvalue weighted by atomic mass is 32.1. The maximum atomic E-state index is 13.4. The summed E-state index contributed by atoms with van der Waals surface area (Å²) in [5.41, 5.74) is 6.68. The number of piperazine rings is 1. The predicted molar refractivity (Wildman–Crippen MR) is 80.4 cm³/mol. The Morgan fingerprint density at radius 3 is 2.70 bits per heavy atom. The summed E-state index contributed by atoms with van der Waals surface area (Å²) >= 11 is 1.67. The second kappa shape index (κ2) is 5.76. The van der Waals surface area contributed by atoms with Crippen LogP contribution >= 0.6 is 11.3 Å². The number of halogens is 1. The molecule has 6 heteroatoms. The number of nitrogen functional groups attached to an aromatic ring is 1. The van der Waals surface area contributed by atoms with Crippen molar-refractivity contribution in [3.05, 3.63) is 41.2 Å². The number of thiazole rings is 1. The lowest BCUT2D eigenvalue weighted by Crippen LogP contribution is -2.45. The van der Waals surface area contributed by atoms with Crippen LogP contribution in [0.25, 0.3) is 0 Å². The molecule has 0 atom stereocenters. The van der Waals surface area contributed by atoms with Gasteiger partial charge in [-0.2, -0.15) is 0 Å². The molecular weight excluding hydrogens is 275 g/mol.